The van der Waals surface area contributed by atoms with Crippen LogP contribution in [-0.4, -0.2) is 44.5 Å². The molecule has 162 valence electrons. The highest BCUT2D eigenvalue weighted by atomic mass is 35.5. The van der Waals surface area contributed by atoms with E-state index < -0.39 is 17.6 Å². The fourth-order valence-electron chi connectivity index (χ4n) is 2.74. The van der Waals surface area contributed by atoms with Gasteiger partial charge in [-0.15, -0.1) is 5.10 Å². The molecular formula is C22H24ClN5O3. The first kappa shape index (κ1) is 22.3. The molecule has 0 saturated heterocycles. The topological polar surface area (TPSA) is 89.4 Å². The van der Waals surface area contributed by atoms with E-state index >= 15 is 0 Å². The highest BCUT2D eigenvalue weighted by molar-refractivity contribution is 6.32. The Morgan fingerprint density at radius 2 is 1.90 bits per heavy atom. The number of benzene rings is 2. The number of ether oxygens (including phenoxy) is 1. The molecule has 0 unspecified atom stereocenters. The molecule has 0 atom stereocenters. The molecule has 0 aliphatic rings. The zero-order valence-electron chi connectivity index (χ0n) is 17.8. The lowest BCUT2D eigenvalue weighted by Gasteiger charge is -2.24. The van der Waals surface area contributed by atoms with Crippen molar-refractivity contribution in [3.8, 4) is 5.69 Å². The minimum atomic E-state index is -0.567. The third-order valence-corrected chi connectivity index (χ3v) is 4.45. The number of para-hydroxylation sites is 1. The summed E-state index contributed by atoms with van der Waals surface area (Å²) in [4.78, 5) is 26.2. The van der Waals surface area contributed by atoms with Crippen LogP contribution >= 0.6 is 11.6 Å². The average molecular weight is 442 g/mol. The molecule has 31 heavy (non-hydrogen) atoms. The van der Waals surface area contributed by atoms with Gasteiger partial charge in [-0.2, -0.15) is 0 Å². The summed E-state index contributed by atoms with van der Waals surface area (Å²) in [6, 6.07) is 14.4. The number of carbonyl (C=O) groups excluding carboxylic acids is 2. The zero-order chi connectivity index (χ0) is 22.6. The Balaban J connectivity index is 1.66. The third-order valence-electron chi connectivity index (χ3n) is 4.14. The van der Waals surface area contributed by atoms with Crippen LogP contribution < -0.4 is 5.32 Å². The van der Waals surface area contributed by atoms with Crippen LogP contribution in [0.15, 0.2) is 54.7 Å². The van der Waals surface area contributed by atoms with E-state index in [1.807, 2.05) is 39.0 Å². The predicted molar refractivity (Wildman–Crippen MR) is 118 cm³/mol. The lowest BCUT2D eigenvalue weighted by Crippen LogP contribution is -2.33. The van der Waals surface area contributed by atoms with E-state index in [2.05, 4.69) is 15.6 Å². The fraction of sp³-hybridized carbons (Fsp3) is 0.273. The van der Waals surface area contributed by atoms with Gasteiger partial charge in [0.25, 0.3) is 5.91 Å². The first-order chi connectivity index (χ1) is 14.6. The molecule has 8 nitrogen and oxygen atoms in total. The molecule has 0 aliphatic carbocycles. The Bertz CT molecular complexity index is 1090. The second-order valence-electron chi connectivity index (χ2n) is 7.99. The van der Waals surface area contributed by atoms with Crippen molar-refractivity contribution in [2.45, 2.75) is 32.9 Å². The first-order valence-corrected chi connectivity index (χ1v) is 10.0. The van der Waals surface area contributed by atoms with E-state index in [9.17, 15) is 9.59 Å². The van der Waals surface area contributed by atoms with Gasteiger partial charge in [-0.3, -0.25) is 4.79 Å². The summed E-state index contributed by atoms with van der Waals surface area (Å²) in [6.07, 6.45) is 1.09. The van der Waals surface area contributed by atoms with Crippen molar-refractivity contribution in [3.05, 3.63) is 71.0 Å². The van der Waals surface area contributed by atoms with Crippen LogP contribution in [0.1, 0.15) is 36.8 Å². The fourth-order valence-corrected chi connectivity index (χ4v) is 2.97. The van der Waals surface area contributed by atoms with Crippen LogP contribution in [0.3, 0.4) is 0 Å². The summed E-state index contributed by atoms with van der Waals surface area (Å²) in [5.41, 5.74) is 1.63. The van der Waals surface area contributed by atoms with Crippen LogP contribution in [0.25, 0.3) is 5.69 Å². The molecule has 1 heterocycles. The van der Waals surface area contributed by atoms with Gasteiger partial charge in [0.05, 0.1) is 16.9 Å². The molecule has 0 saturated carbocycles. The number of aromatic nitrogens is 3. The average Bonchev–Trinajstić information content (AvgIpc) is 3.17. The van der Waals surface area contributed by atoms with Gasteiger partial charge in [0.2, 0.25) is 0 Å². The molecule has 2 amide bonds. The van der Waals surface area contributed by atoms with E-state index in [0.29, 0.717) is 22.9 Å². The van der Waals surface area contributed by atoms with Crippen LogP contribution in [0.5, 0.6) is 0 Å². The number of anilines is 1. The van der Waals surface area contributed by atoms with E-state index in [-0.39, 0.29) is 5.69 Å². The number of nitrogens with one attached hydrogen (secondary N) is 1. The number of hydrogen-bond donors (Lipinski definition) is 1. The van der Waals surface area contributed by atoms with Crippen LogP contribution in [0.4, 0.5) is 10.5 Å². The number of rotatable bonds is 5. The molecular weight excluding hydrogens is 418 g/mol. The highest BCUT2D eigenvalue weighted by Crippen LogP contribution is 2.19. The second kappa shape index (κ2) is 9.18. The van der Waals surface area contributed by atoms with E-state index in [1.165, 1.54) is 15.8 Å². The number of nitrogens with zero attached hydrogens (tertiary/aromatic N) is 4. The first-order valence-electron chi connectivity index (χ1n) is 9.64. The van der Waals surface area contributed by atoms with Gasteiger partial charge in [-0.25, -0.2) is 9.48 Å². The summed E-state index contributed by atoms with van der Waals surface area (Å²) in [7, 11) is 1.66. The molecule has 0 radical (unpaired) electrons. The molecule has 0 bridgehead atoms. The summed E-state index contributed by atoms with van der Waals surface area (Å²) in [6.45, 7) is 5.78. The predicted octanol–water partition coefficient (Wildman–Crippen LogP) is 4.54. The highest BCUT2D eigenvalue weighted by Gasteiger charge is 2.20. The van der Waals surface area contributed by atoms with Crippen molar-refractivity contribution in [2.75, 3.05) is 12.4 Å². The standard InChI is InChI=1S/C22H24ClN5O3/c1-22(2,3)31-21(30)27(4)13-15-8-7-9-16(12-15)24-20(29)18-14-28(26-25-18)19-11-6-5-10-17(19)23/h5-12,14H,13H2,1-4H3,(H,24,29). The molecule has 0 spiro atoms. The lowest BCUT2D eigenvalue weighted by atomic mass is 10.2. The number of hydrogen-bond acceptors (Lipinski definition) is 5. The second-order valence-corrected chi connectivity index (χ2v) is 8.40. The molecule has 1 N–H and O–H groups in total. The largest absolute Gasteiger partial charge is 0.444 e. The molecule has 9 heteroatoms. The minimum absolute atomic E-state index is 0.149. The van der Waals surface area contributed by atoms with Gasteiger partial charge in [0.15, 0.2) is 5.69 Å². The van der Waals surface area contributed by atoms with Crippen molar-refractivity contribution in [3.63, 3.8) is 0 Å². The van der Waals surface area contributed by atoms with Crippen molar-refractivity contribution < 1.29 is 14.3 Å². The maximum Gasteiger partial charge on any atom is 0.410 e. The van der Waals surface area contributed by atoms with Crippen molar-refractivity contribution in [1.29, 1.82) is 0 Å². The maximum absolute atomic E-state index is 12.6. The van der Waals surface area contributed by atoms with Gasteiger partial charge in [0, 0.05) is 19.3 Å². The normalized spacial score (nSPS) is 11.1. The van der Waals surface area contributed by atoms with E-state index in [4.69, 9.17) is 16.3 Å². The van der Waals surface area contributed by atoms with Crippen molar-refractivity contribution >= 4 is 29.3 Å². The molecule has 0 aliphatic heterocycles. The zero-order valence-corrected chi connectivity index (χ0v) is 18.6. The van der Waals surface area contributed by atoms with Crippen LogP contribution in [0, 0.1) is 0 Å². The summed E-state index contributed by atoms with van der Waals surface area (Å²) < 4.78 is 6.81. The van der Waals surface area contributed by atoms with Crippen LogP contribution in [-0.2, 0) is 11.3 Å². The molecule has 1 aromatic heterocycles. The molecule has 0 fully saturated rings. The number of halogens is 1. The van der Waals surface area contributed by atoms with E-state index in [1.54, 1.807) is 37.4 Å². The van der Waals surface area contributed by atoms with Crippen molar-refractivity contribution in [1.82, 2.24) is 19.9 Å². The summed E-state index contributed by atoms with van der Waals surface area (Å²) in [5, 5.41) is 11.2. The third kappa shape index (κ3) is 6.05. The molecule has 3 rings (SSSR count). The monoisotopic (exact) mass is 441 g/mol. The minimum Gasteiger partial charge on any atom is -0.444 e. The molecule has 3 aromatic rings. The SMILES string of the molecule is CN(Cc1cccc(NC(=O)c2cn(-c3ccccc3Cl)nn2)c1)C(=O)OC(C)(C)C. The Morgan fingerprint density at radius 3 is 2.61 bits per heavy atom. The Hall–Kier alpha value is -3.39. The van der Waals surface area contributed by atoms with Gasteiger partial charge in [-0.05, 0) is 50.6 Å². The van der Waals surface area contributed by atoms with Gasteiger partial charge in [-0.1, -0.05) is 41.1 Å². The lowest BCUT2D eigenvalue weighted by molar-refractivity contribution is 0.0285. The maximum atomic E-state index is 12.6. The Labute approximate surface area is 185 Å². The summed E-state index contributed by atoms with van der Waals surface area (Å²) >= 11 is 6.17. The summed E-state index contributed by atoms with van der Waals surface area (Å²) in [5.74, 6) is -0.407. The van der Waals surface area contributed by atoms with Gasteiger partial charge in [0.1, 0.15) is 5.60 Å². The van der Waals surface area contributed by atoms with Crippen molar-refractivity contribution in [2.24, 2.45) is 0 Å². The van der Waals surface area contributed by atoms with Gasteiger partial charge < -0.3 is 15.0 Å². The van der Waals surface area contributed by atoms with Gasteiger partial charge >= 0.3 is 6.09 Å². The Kier molecular flexibility index (Phi) is 6.60. The number of carbonyl (C=O) groups is 2. The quantitative estimate of drug-likeness (QED) is 0.627. The van der Waals surface area contributed by atoms with E-state index in [0.717, 1.165) is 5.56 Å². The Morgan fingerprint density at radius 1 is 1.16 bits per heavy atom. The molecule has 2 aromatic carbocycles. The smallest absolute Gasteiger partial charge is 0.410 e. The van der Waals surface area contributed by atoms with Crippen LogP contribution in [0.2, 0.25) is 5.02 Å². The number of amides is 2.